The largest absolute Gasteiger partial charge is 0.496 e. The van der Waals surface area contributed by atoms with Crippen LogP contribution in [0.15, 0.2) is 24.3 Å². The van der Waals surface area contributed by atoms with Gasteiger partial charge in [0.15, 0.2) is 0 Å². The number of halogens is 1. The summed E-state index contributed by atoms with van der Waals surface area (Å²) < 4.78 is 8.47. The smallest absolute Gasteiger partial charge is 0.328 e. The second-order valence-corrected chi connectivity index (χ2v) is 5.96. The van der Waals surface area contributed by atoms with Crippen LogP contribution in [-0.4, -0.2) is 28.0 Å². The van der Waals surface area contributed by atoms with Gasteiger partial charge in [-0.2, -0.15) is 5.10 Å². The van der Waals surface area contributed by atoms with Crippen molar-refractivity contribution in [2.75, 3.05) is 7.11 Å². The van der Waals surface area contributed by atoms with Gasteiger partial charge in [-0.05, 0) is 60.2 Å². The molecule has 22 heavy (non-hydrogen) atoms. The maximum absolute atomic E-state index is 10.6. The Kier molecular flexibility index (Phi) is 5.23. The standard InChI is InChI=1S/C16H17IN2O3/c1-10-16(17)11(2)19(18-10)9-13-8-12(5-7-15(20)21)4-6-14(13)22-3/h4-8H,9H2,1-3H3,(H,20,21). The Bertz CT molecular complexity index is 735. The van der Waals surface area contributed by atoms with Gasteiger partial charge in [0.25, 0.3) is 0 Å². The highest BCUT2D eigenvalue weighted by atomic mass is 127. The first kappa shape index (κ1) is 16.5. The molecule has 1 heterocycles. The highest BCUT2D eigenvalue weighted by Crippen LogP contribution is 2.23. The van der Waals surface area contributed by atoms with Crippen molar-refractivity contribution in [1.82, 2.24) is 9.78 Å². The van der Waals surface area contributed by atoms with Crippen LogP contribution >= 0.6 is 22.6 Å². The van der Waals surface area contributed by atoms with E-state index < -0.39 is 5.97 Å². The summed E-state index contributed by atoms with van der Waals surface area (Å²) >= 11 is 2.29. The van der Waals surface area contributed by atoms with Crippen LogP contribution in [-0.2, 0) is 11.3 Å². The predicted molar refractivity (Wildman–Crippen MR) is 93.2 cm³/mol. The molecule has 1 N–H and O–H groups in total. The summed E-state index contributed by atoms with van der Waals surface area (Å²) in [5.74, 6) is -0.208. The summed E-state index contributed by atoms with van der Waals surface area (Å²) in [6.45, 7) is 4.59. The first-order valence-electron chi connectivity index (χ1n) is 6.69. The van der Waals surface area contributed by atoms with E-state index >= 15 is 0 Å². The molecule has 6 heteroatoms. The van der Waals surface area contributed by atoms with Crippen LogP contribution in [0.2, 0.25) is 0 Å². The molecule has 2 aromatic rings. The van der Waals surface area contributed by atoms with Crippen LogP contribution in [0.1, 0.15) is 22.5 Å². The fourth-order valence-electron chi connectivity index (χ4n) is 2.18. The number of nitrogens with zero attached hydrogens (tertiary/aromatic N) is 2. The summed E-state index contributed by atoms with van der Waals surface area (Å²) in [7, 11) is 1.62. The zero-order chi connectivity index (χ0) is 16.3. The first-order valence-corrected chi connectivity index (χ1v) is 7.77. The van der Waals surface area contributed by atoms with Crippen molar-refractivity contribution in [2.45, 2.75) is 20.4 Å². The van der Waals surface area contributed by atoms with Gasteiger partial charge in [-0.1, -0.05) is 6.07 Å². The number of rotatable bonds is 5. The summed E-state index contributed by atoms with van der Waals surface area (Å²) in [6, 6.07) is 5.59. The molecule has 0 saturated heterocycles. The molecule has 0 aliphatic rings. The van der Waals surface area contributed by atoms with Gasteiger partial charge in [-0.3, -0.25) is 4.68 Å². The van der Waals surface area contributed by atoms with Crippen molar-refractivity contribution in [3.63, 3.8) is 0 Å². The topological polar surface area (TPSA) is 64.3 Å². The fourth-order valence-corrected chi connectivity index (χ4v) is 2.57. The summed E-state index contributed by atoms with van der Waals surface area (Å²) in [4.78, 5) is 10.6. The van der Waals surface area contributed by atoms with Crippen molar-refractivity contribution >= 4 is 34.6 Å². The van der Waals surface area contributed by atoms with E-state index in [0.29, 0.717) is 6.54 Å². The number of carbonyl (C=O) groups is 1. The third kappa shape index (κ3) is 3.68. The molecule has 0 aliphatic carbocycles. The molecule has 116 valence electrons. The van der Waals surface area contributed by atoms with E-state index in [1.54, 1.807) is 13.2 Å². The molecule has 0 radical (unpaired) electrons. The molecule has 0 unspecified atom stereocenters. The Morgan fingerprint density at radius 2 is 2.18 bits per heavy atom. The molecule has 2 rings (SSSR count). The van der Waals surface area contributed by atoms with E-state index in [4.69, 9.17) is 9.84 Å². The predicted octanol–water partition coefficient (Wildman–Crippen LogP) is 3.26. The van der Waals surface area contributed by atoms with Gasteiger partial charge < -0.3 is 9.84 Å². The number of hydrogen-bond donors (Lipinski definition) is 1. The second kappa shape index (κ2) is 6.95. The minimum atomic E-state index is -0.967. The van der Waals surface area contributed by atoms with Gasteiger partial charge >= 0.3 is 5.97 Å². The number of carboxylic acid groups (broad SMARTS) is 1. The van der Waals surface area contributed by atoms with Gasteiger partial charge in [-0.25, -0.2) is 4.79 Å². The lowest BCUT2D eigenvalue weighted by Crippen LogP contribution is -2.06. The van der Waals surface area contributed by atoms with Gasteiger partial charge in [0.2, 0.25) is 0 Å². The molecule has 5 nitrogen and oxygen atoms in total. The average Bonchev–Trinajstić information content (AvgIpc) is 2.72. The van der Waals surface area contributed by atoms with Crippen LogP contribution in [0, 0.1) is 17.4 Å². The summed E-state index contributed by atoms with van der Waals surface area (Å²) in [5, 5.41) is 13.2. The number of carboxylic acids is 1. The van der Waals surface area contributed by atoms with Crippen molar-refractivity contribution in [2.24, 2.45) is 0 Å². The Labute approximate surface area is 142 Å². The monoisotopic (exact) mass is 412 g/mol. The molecular weight excluding hydrogens is 395 g/mol. The highest BCUT2D eigenvalue weighted by Gasteiger charge is 2.11. The lowest BCUT2D eigenvalue weighted by Gasteiger charge is -2.11. The molecule has 1 aromatic carbocycles. The highest BCUT2D eigenvalue weighted by molar-refractivity contribution is 14.1. The minimum Gasteiger partial charge on any atom is -0.496 e. The molecule has 0 amide bonds. The van der Waals surface area contributed by atoms with E-state index in [1.807, 2.05) is 36.7 Å². The Balaban J connectivity index is 2.37. The van der Waals surface area contributed by atoms with Gasteiger partial charge in [-0.15, -0.1) is 0 Å². The fraction of sp³-hybridized carbons (Fsp3) is 0.250. The van der Waals surface area contributed by atoms with Gasteiger partial charge in [0.05, 0.1) is 22.9 Å². The second-order valence-electron chi connectivity index (χ2n) is 4.89. The number of aromatic nitrogens is 2. The van der Waals surface area contributed by atoms with Crippen molar-refractivity contribution < 1.29 is 14.6 Å². The Morgan fingerprint density at radius 1 is 1.45 bits per heavy atom. The first-order chi connectivity index (χ1) is 10.4. The number of hydrogen-bond acceptors (Lipinski definition) is 3. The number of aliphatic carboxylic acids is 1. The van der Waals surface area contributed by atoms with Crippen molar-refractivity contribution in [3.05, 3.63) is 50.4 Å². The van der Waals surface area contributed by atoms with Crippen LogP contribution in [0.4, 0.5) is 0 Å². The molecule has 0 bridgehead atoms. The number of benzene rings is 1. The van der Waals surface area contributed by atoms with Gasteiger partial charge in [0.1, 0.15) is 5.75 Å². The molecule has 0 spiro atoms. The van der Waals surface area contributed by atoms with Crippen LogP contribution in [0.5, 0.6) is 5.75 Å². The van der Waals surface area contributed by atoms with Crippen molar-refractivity contribution in [1.29, 1.82) is 0 Å². The SMILES string of the molecule is COc1ccc(C=CC(=O)O)cc1Cn1nc(C)c(I)c1C. The van der Waals surface area contributed by atoms with E-state index in [2.05, 4.69) is 27.7 Å². The van der Waals surface area contributed by atoms with Crippen molar-refractivity contribution in [3.8, 4) is 5.75 Å². The molecular formula is C16H17IN2O3. The number of aryl methyl sites for hydroxylation is 1. The molecule has 0 fully saturated rings. The lowest BCUT2D eigenvalue weighted by molar-refractivity contribution is -0.131. The number of ether oxygens (including phenoxy) is 1. The molecule has 0 aliphatic heterocycles. The maximum atomic E-state index is 10.6. The van der Waals surface area contributed by atoms with E-state index in [9.17, 15) is 4.79 Å². The van der Waals surface area contributed by atoms with E-state index in [-0.39, 0.29) is 0 Å². The summed E-state index contributed by atoms with van der Waals surface area (Å²) in [6.07, 6.45) is 2.69. The average molecular weight is 412 g/mol. The molecule has 0 saturated carbocycles. The minimum absolute atomic E-state index is 0.577. The zero-order valence-corrected chi connectivity index (χ0v) is 14.8. The Hall–Kier alpha value is -1.83. The van der Waals surface area contributed by atoms with E-state index in [1.165, 1.54) is 0 Å². The quantitative estimate of drug-likeness (QED) is 0.605. The maximum Gasteiger partial charge on any atom is 0.328 e. The van der Waals surface area contributed by atoms with Crippen LogP contribution < -0.4 is 4.74 Å². The third-order valence-electron chi connectivity index (χ3n) is 3.34. The van der Waals surface area contributed by atoms with Gasteiger partial charge in [0, 0.05) is 17.3 Å². The normalized spacial score (nSPS) is 11.1. The van der Waals surface area contributed by atoms with Crippen LogP contribution in [0.3, 0.4) is 0 Å². The summed E-state index contributed by atoms with van der Waals surface area (Å²) in [5.41, 5.74) is 3.87. The third-order valence-corrected chi connectivity index (χ3v) is 4.90. The van der Waals surface area contributed by atoms with Crippen LogP contribution in [0.25, 0.3) is 6.08 Å². The molecule has 0 atom stereocenters. The van der Waals surface area contributed by atoms with E-state index in [0.717, 1.165) is 37.9 Å². The zero-order valence-electron chi connectivity index (χ0n) is 12.6. The Morgan fingerprint density at radius 3 is 2.73 bits per heavy atom. The molecule has 1 aromatic heterocycles. The lowest BCUT2D eigenvalue weighted by atomic mass is 10.1. The number of methoxy groups -OCH3 is 1.